The number of benzene rings is 1. The number of sulfone groups is 1. The molecule has 2 aromatic rings. The number of carbonyl (C=O) groups excluding carboxylic acids is 1. The fourth-order valence-corrected chi connectivity index (χ4v) is 3.15. The topological polar surface area (TPSA) is 64.3 Å². The van der Waals surface area contributed by atoms with Gasteiger partial charge >= 0.3 is 0 Å². The van der Waals surface area contributed by atoms with Gasteiger partial charge in [0.2, 0.25) is 14.9 Å². The molecule has 4 nitrogen and oxygen atoms in total. The summed E-state index contributed by atoms with van der Waals surface area (Å²) in [7, 11) is -3.71. The van der Waals surface area contributed by atoms with Crippen LogP contribution in [-0.2, 0) is 9.84 Å². The molecule has 1 heterocycles. The van der Waals surface area contributed by atoms with E-state index in [1.54, 1.807) is 19.1 Å². The zero-order chi connectivity index (χ0) is 13.3. The third-order valence-corrected chi connectivity index (χ3v) is 4.38. The second kappa shape index (κ2) is 4.42. The highest BCUT2D eigenvalue weighted by molar-refractivity contribution is 7.91. The number of aryl methyl sites for hydroxylation is 2. The number of hydrogen-bond acceptors (Lipinski definition) is 4. The second-order valence-corrected chi connectivity index (χ2v) is 5.90. The summed E-state index contributed by atoms with van der Waals surface area (Å²) < 4.78 is 29.6. The standard InChI is InChI=1S/C13H12O4S/c1-9-3-4-10(2)12(7-9)18(15,16)13-6-5-11(8-14)17-13/h3-8H,1-2H3. The van der Waals surface area contributed by atoms with E-state index in [4.69, 9.17) is 4.42 Å². The lowest BCUT2D eigenvalue weighted by atomic mass is 10.2. The normalized spacial score (nSPS) is 11.4. The Kier molecular flexibility index (Phi) is 3.09. The Morgan fingerprint density at radius 2 is 1.83 bits per heavy atom. The van der Waals surface area contributed by atoms with Crippen molar-refractivity contribution in [3.05, 3.63) is 47.2 Å². The maximum absolute atomic E-state index is 12.3. The van der Waals surface area contributed by atoms with Crippen molar-refractivity contribution in [2.75, 3.05) is 0 Å². The van der Waals surface area contributed by atoms with E-state index in [1.807, 2.05) is 13.0 Å². The van der Waals surface area contributed by atoms with Gasteiger partial charge in [0.05, 0.1) is 4.90 Å². The lowest BCUT2D eigenvalue weighted by molar-refractivity contribution is 0.109. The first-order chi connectivity index (χ1) is 8.45. The third-order valence-electron chi connectivity index (χ3n) is 2.62. The molecule has 1 aromatic heterocycles. The van der Waals surface area contributed by atoms with E-state index in [0.29, 0.717) is 11.8 Å². The second-order valence-electron chi connectivity index (χ2n) is 4.05. The highest BCUT2D eigenvalue weighted by Gasteiger charge is 2.23. The lowest BCUT2D eigenvalue weighted by Crippen LogP contribution is -2.03. The van der Waals surface area contributed by atoms with Crippen molar-refractivity contribution < 1.29 is 17.6 Å². The molecular weight excluding hydrogens is 252 g/mol. The molecule has 0 unspecified atom stereocenters. The minimum absolute atomic E-state index is 0.00104. The zero-order valence-corrected chi connectivity index (χ0v) is 10.8. The molecule has 94 valence electrons. The van der Waals surface area contributed by atoms with Crippen LogP contribution in [0.1, 0.15) is 21.7 Å². The number of hydrogen-bond donors (Lipinski definition) is 0. The first-order valence-corrected chi connectivity index (χ1v) is 6.81. The van der Waals surface area contributed by atoms with Gasteiger partial charge in [-0.15, -0.1) is 0 Å². The molecule has 0 atom stereocenters. The molecule has 0 amide bonds. The number of furan rings is 1. The van der Waals surface area contributed by atoms with Crippen molar-refractivity contribution >= 4 is 16.1 Å². The van der Waals surface area contributed by atoms with Gasteiger partial charge in [0.1, 0.15) is 0 Å². The van der Waals surface area contributed by atoms with Crippen LogP contribution in [0.25, 0.3) is 0 Å². The quantitative estimate of drug-likeness (QED) is 0.799. The van der Waals surface area contributed by atoms with Crippen molar-refractivity contribution in [3.63, 3.8) is 0 Å². The summed E-state index contributed by atoms with van der Waals surface area (Å²) in [6.07, 6.45) is 0.474. The molecule has 18 heavy (non-hydrogen) atoms. The lowest BCUT2D eigenvalue weighted by Gasteiger charge is -2.06. The van der Waals surface area contributed by atoms with Gasteiger partial charge in [-0.05, 0) is 43.2 Å². The fraction of sp³-hybridized carbons (Fsp3) is 0.154. The minimum atomic E-state index is -3.71. The average molecular weight is 264 g/mol. The molecule has 0 aliphatic heterocycles. The largest absolute Gasteiger partial charge is 0.442 e. The molecule has 0 saturated heterocycles. The Hall–Kier alpha value is -1.88. The molecule has 0 bridgehead atoms. The van der Waals surface area contributed by atoms with Crippen molar-refractivity contribution in [1.82, 2.24) is 0 Å². The van der Waals surface area contributed by atoms with E-state index >= 15 is 0 Å². The molecule has 0 aliphatic carbocycles. The Labute approximate surface area is 105 Å². The third kappa shape index (κ3) is 2.09. The Morgan fingerprint density at radius 1 is 1.11 bits per heavy atom. The van der Waals surface area contributed by atoms with Gasteiger partial charge < -0.3 is 4.42 Å². The van der Waals surface area contributed by atoms with Crippen LogP contribution in [0, 0.1) is 13.8 Å². The summed E-state index contributed by atoms with van der Waals surface area (Å²) in [4.78, 5) is 10.7. The Bertz CT molecular complexity index is 696. The van der Waals surface area contributed by atoms with E-state index in [-0.39, 0.29) is 15.7 Å². The van der Waals surface area contributed by atoms with Crippen molar-refractivity contribution in [1.29, 1.82) is 0 Å². The van der Waals surface area contributed by atoms with Crippen molar-refractivity contribution in [2.24, 2.45) is 0 Å². The number of aldehydes is 1. The van der Waals surface area contributed by atoms with Gasteiger partial charge in [-0.25, -0.2) is 8.42 Å². The molecule has 2 rings (SSSR count). The molecule has 0 N–H and O–H groups in total. The van der Waals surface area contributed by atoms with E-state index in [0.717, 1.165) is 5.56 Å². The van der Waals surface area contributed by atoms with E-state index in [1.165, 1.54) is 12.1 Å². The number of rotatable bonds is 3. The SMILES string of the molecule is Cc1ccc(C)c(S(=O)(=O)c2ccc(C=O)o2)c1. The average Bonchev–Trinajstić information content (AvgIpc) is 2.81. The summed E-state index contributed by atoms with van der Waals surface area (Å²) in [6.45, 7) is 3.54. The van der Waals surface area contributed by atoms with Gasteiger partial charge in [0.15, 0.2) is 12.0 Å². The maximum Gasteiger partial charge on any atom is 0.239 e. The van der Waals surface area contributed by atoms with Crippen LogP contribution in [0.2, 0.25) is 0 Å². The fourth-order valence-electron chi connectivity index (χ4n) is 1.65. The summed E-state index contributed by atoms with van der Waals surface area (Å²) in [5.74, 6) is -0.00104. The molecule has 0 spiro atoms. The van der Waals surface area contributed by atoms with Crippen LogP contribution in [0.5, 0.6) is 0 Å². The highest BCUT2D eigenvalue weighted by atomic mass is 32.2. The predicted molar refractivity (Wildman–Crippen MR) is 65.5 cm³/mol. The van der Waals surface area contributed by atoms with Crippen LogP contribution in [0.4, 0.5) is 0 Å². The summed E-state index contributed by atoms with van der Waals surface area (Å²) >= 11 is 0. The Balaban J connectivity index is 2.61. The van der Waals surface area contributed by atoms with Gasteiger partial charge in [0.25, 0.3) is 0 Å². The van der Waals surface area contributed by atoms with E-state index < -0.39 is 9.84 Å². The predicted octanol–water partition coefficient (Wildman–Crippen LogP) is 2.54. The molecule has 0 fully saturated rings. The Morgan fingerprint density at radius 3 is 2.44 bits per heavy atom. The van der Waals surface area contributed by atoms with Crippen LogP contribution in [0.3, 0.4) is 0 Å². The van der Waals surface area contributed by atoms with E-state index in [9.17, 15) is 13.2 Å². The molecule has 5 heteroatoms. The molecule has 0 aliphatic rings. The minimum Gasteiger partial charge on any atom is -0.442 e. The van der Waals surface area contributed by atoms with Crippen LogP contribution in [0.15, 0.2) is 44.7 Å². The molecule has 0 radical (unpaired) electrons. The van der Waals surface area contributed by atoms with Crippen LogP contribution >= 0.6 is 0 Å². The van der Waals surface area contributed by atoms with Gasteiger partial charge in [0, 0.05) is 0 Å². The van der Waals surface area contributed by atoms with Crippen molar-refractivity contribution in [3.8, 4) is 0 Å². The van der Waals surface area contributed by atoms with Gasteiger partial charge in [-0.1, -0.05) is 12.1 Å². The summed E-state index contributed by atoms with van der Waals surface area (Å²) in [5, 5.41) is -0.210. The summed E-state index contributed by atoms with van der Waals surface area (Å²) in [6, 6.07) is 7.80. The van der Waals surface area contributed by atoms with Gasteiger partial charge in [-0.3, -0.25) is 4.79 Å². The first-order valence-electron chi connectivity index (χ1n) is 5.32. The maximum atomic E-state index is 12.3. The monoisotopic (exact) mass is 264 g/mol. The molecule has 0 saturated carbocycles. The van der Waals surface area contributed by atoms with Crippen molar-refractivity contribution in [2.45, 2.75) is 23.8 Å². The molecular formula is C13H12O4S. The zero-order valence-electron chi connectivity index (χ0n) is 10.0. The van der Waals surface area contributed by atoms with Crippen LogP contribution in [-0.4, -0.2) is 14.7 Å². The van der Waals surface area contributed by atoms with Gasteiger partial charge in [-0.2, -0.15) is 0 Å². The number of carbonyl (C=O) groups is 1. The smallest absolute Gasteiger partial charge is 0.239 e. The summed E-state index contributed by atoms with van der Waals surface area (Å²) in [5.41, 5.74) is 1.49. The highest BCUT2D eigenvalue weighted by Crippen LogP contribution is 2.25. The molecule has 1 aromatic carbocycles. The first kappa shape index (κ1) is 12.6. The van der Waals surface area contributed by atoms with Crippen LogP contribution < -0.4 is 0 Å². The van der Waals surface area contributed by atoms with E-state index in [2.05, 4.69) is 0 Å².